The number of nitrogens with zero attached hydrogens (tertiary/aromatic N) is 1. The Morgan fingerprint density at radius 1 is 1.50 bits per heavy atom. The molecular weight excluding hydrogens is 148 g/mol. The fraction of sp³-hybridized carbons (Fsp3) is 0.900. The van der Waals surface area contributed by atoms with Crippen molar-refractivity contribution in [2.24, 2.45) is 4.99 Å². The van der Waals surface area contributed by atoms with Crippen LogP contribution in [-0.2, 0) is 0 Å². The number of hydrogen-bond acceptors (Lipinski definition) is 2. The molecule has 1 fully saturated rings. The van der Waals surface area contributed by atoms with Crippen LogP contribution in [0.15, 0.2) is 4.99 Å². The van der Waals surface area contributed by atoms with Gasteiger partial charge in [0.15, 0.2) is 0 Å². The van der Waals surface area contributed by atoms with Crippen molar-refractivity contribution in [3.05, 3.63) is 0 Å². The van der Waals surface area contributed by atoms with Crippen LogP contribution in [0.5, 0.6) is 0 Å². The lowest BCUT2D eigenvalue weighted by molar-refractivity contribution is 0.350. The fourth-order valence-corrected chi connectivity index (χ4v) is 2.28. The molecule has 0 saturated heterocycles. The molecule has 2 heteroatoms. The first kappa shape index (κ1) is 8.09. The van der Waals surface area contributed by atoms with Gasteiger partial charge in [-0.25, -0.2) is 0 Å². The van der Waals surface area contributed by atoms with Crippen molar-refractivity contribution < 1.29 is 0 Å². The largest absolute Gasteiger partial charge is 0.371 e. The summed E-state index contributed by atoms with van der Waals surface area (Å²) < 4.78 is 0. The molecule has 0 amide bonds. The first-order valence-electron chi connectivity index (χ1n) is 5.21. The highest BCUT2D eigenvalue weighted by Crippen LogP contribution is 2.24. The Morgan fingerprint density at radius 2 is 2.42 bits per heavy atom. The predicted molar refractivity (Wildman–Crippen MR) is 51.5 cm³/mol. The molecule has 1 heterocycles. The lowest BCUT2D eigenvalue weighted by Gasteiger charge is -2.34. The van der Waals surface area contributed by atoms with Gasteiger partial charge in [-0.2, -0.15) is 0 Å². The fourth-order valence-electron chi connectivity index (χ4n) is 2.28. The summed E-state index contributed by atoms with van der Waals surface area (Å²) in [4.78, 5) is 4.70. The summed E-state index contributed by atoms with van der Waals surface area (Å²) in [6, 6.07) is 1.41. The number of hydrogen-bond donors (Lipinski definition) is 1. The molecule has 0 spiro atoms. The van der Waals surface area contributed by atoms with Crippen molar-refractivity contribution in [1.29, 1.82) is 0 Å². The molecule has 1 aliphatic carbocycles. The molecule has 1 aliphatic heterocycles. The van der Waals surface area contributed by atoms with Gasteiger partial charge in [-0.05, 0) is 32.1 Å². The highest BCUT2D eigenvalue weighted by atomic mass is 15.1. The van der Waals surface area contributed by atoms with E-state index in [-0.39, 0.29) is 0 Å². The summed E-state index contributed by atoms with van der Waals surface area (Å²) in [5.74, 6) is 1.28. The minimum Gasteiger partial charge on any atom is -0.371 e. The molecule has 2 unspecified atom stereocenters. The van der Waals surface area contributed by atoms with E-state index >= 15 is 0 Å². The highest BCUT2D eigenvalue weighted by Gasteiger charge is 2.26. The zero-order chi connectivity index (χ0) is 8.39. The molecule has 2 atom stereocenters. The number of rotatable bonds is 2. The number of amidine groups is 1. The van der Waals surface area contributed by atoms with Crippen molar-refractivity contribution >= 4 is 5.84 Å². The maximum absolute atomic E-state index is 4.70. The van der Waals surface area contributed by atoms with Gasteiger partial charge in [0.1, 0.15) is 0 Å². The monoisotopic (exact) mass is 166 g/mol. The van der Waals surface area contributed by atoms with Crippen LogP contribution in [0.25, 0.3) is 0 Å². The van der Waals surface area contributed by atoms with Gasteiger partial charge in [0.05, 0.1) is 11.9 Å². The molecule has 0 aromatic rings. The van der Waals surface area contributed by atoms with E-state index in [4.69, 9.17) is 4.99 Å². The molecule has 2 aliphatic rings. The second-order valence-electron chi connectivity index (χ2n) is 3.99. The summed E-state index contributed by atoms with van der Waals surface area (Å²) in [6.07, 6.45) is 7.70. The van der Waals surface area contributed by atoms with Gasteiger partial charge in [-0.1, -0.05) is 6.92 Å². The van der Waals surface area contributed by atoms with Gasteiger partial charge in [-0.15, -0.1) is 0 Å². The van der Waals surface area contributed by atoms with Crippen molar-refractivity contribution in [3.8, 4) is 0 Å². The predicted octanol–water partition coefficient (Wildman–Crippen LogP) is 2.10. The Morgan fingerprint density at radius 3 is 3.17 bits per heavy atom. The van der Waals surface area contributed by atoms with Crippen LogP contribution in [0.3, 0.4) is 0 Å². The van der Waals surface area contributed by atoms with Crippen LogP contribution in [0, 0.1) is 0 Å². The van der Waals surface area contributed by atoms with E-state index in [0.29, 0.717) is 6.04 Å². The standard InChI is InChI=1S/C10H18N2/c1-2-4-10-11-8-5-3-6-9(7-8)12-10/h8-9H,2-7H2,1H3,(H,11,12). The average molecular weight is 166 g/mol. The molecule has 1 saturated carbocycles. The zero-order valence-corrected chi connectivity index (χ0v) is 7.84. The lowest BCUT2D eigenvalue weighted by Crippen LogP contribution is -2.44. The van der Waals surface area contributed by atoms with Crippen molar-refractivity contribution in [2.75, 3.05) is 0 Å². The van der Waals surface area contributed by atoms with Gasteiger partial charge in [0.2, 0.25) is 0 Å². The molecule has 1 N–H and O–H groups in total. The average Bonchev–Trinajstić information content (AvgIpc) is 2.04. The zero-order valence-electron chi connectivity index (χ0n) is 7.84. The second-order valence-corrected chi connectivity index (χ2v) is 3.99. The Bertz CT molecular complexity index is 186. The third-order valence-electron chi connectivity index (χ3n) is 2.84. The number of fused-ring (bicyclic) bond motifs is 2. The highest BCUT2D eigenvalue weighted by molar-refractivity contribution is 5.83. The van der Waals surface area contributed by atoms with Crippen molar-refractivity contribution in [3.63, 3.8) is 0 Å². The molecule has 68 valence electrons. The molecule has 0 aromatic carbocycles. The van der Waals surface area contributed by atoms with Gasteiger partial charge in [0.25, 0.3) is 0 Å². The van der Waals surface area contributed by atoms with Crippen molar-refractivity contribution in [2.45, 2.75) is 57.5 Å². The third kappa shape index (κ3) is 1.62. The first-order valence-corrected chi connectivity index (χ1v) is 5.21. The maximum Gasteiger partial charge on any atom is 0.0968 e. The van der Waals surface area contributed by atoms with E-state index in [9.17, 15) is 0 Å². The Kier molecular flexibility index (Phi) is 2.33. The van der Waals surface area contributed by atoms with E-state index in [0.717, 1.165) is 12.5 Å². The topological polar surface area (TPSA) is 24.4 Å². The summed E-state index contributed by atoms with van der Waals surface area (Å²) in [5.41, 5.74) is 0. The quantitative estimate of drug-likeness (QED) is 0.667. The molecule has 0 radical (unpaired) electrons. The van der Waals surface area contributed by atoms with Crippen molar-refractivity contribution in [1.82, 2.24) is 5.32 Å². The first-order chi connectivity index (χ1) is 5.88. The number of aliphatic imine (C=N–C) groups is 1. The molecular formula is C10H18N2. The van der Waals surface area contributed by atoms with Crippen LogP contribution in [0.2, 0.25) is 0 Å². The van der Waals surface area contributed by atoms with Gasteiger partial charge < -0.3 is 5.32 Å². The number of nitrogens with one attached hydrogen (secondary N) is 1. The van der Waals surface area contributed by atoms with Crippen LogP contribution < -0.4 is 5.32 Å². The summed E-state index contributed by atoms with van der Waals surface area (Å²) in [5, 5.41) is 3.54. The summed E-state index contributed by atoms with van der Waals surface area (Å²) in [6.45, 7) is 2.22. The van der Waals surface area contributed by atoms with E-state index < -0.39 is 0 Å². The smallest absolute Gasteiger partial charge is 0.0968 e. The Hall–Kier alpha value is -0.530. The Labute approximate surface area is 74.5 Å². The minimum absolute atomic E-state index is 0.659. The van der Waals surface area contributed by atoms with Crippen LogP contribution in [0.1, 0.15) is 45.4 Å². The van der Waals surface area contributed by atoms with Gasteiger partial charge in [0, 0.05) is 12.5 Å². The Balaban J connectivity index is 2.01. The van der Waals surface area contributed by atoms with E-state index in [1.54, 1.807) is 0 Å². The molecule has 0 aromatic heterocycles. The summed E-state index contributed by atoms with van der Waals surface area (Å²) in [7, 11) is 0. The lowest BCUT2D eigenvalue weighted by atomic mass is 9.89. The minimum atomic E-state index is 0.659. The van der Waals surface area contributed by atoms with Gasteiger partial charge >= 0.3 is 0 Å². The third-order valence-corrected chi connectivity index (χ3v) is 2.84. The second kappa shape index (κ2) is 3.46. The van der Waals surface area contributed by atoms with Crippen LogP contribution in [-0.4, -0.2) is 17.9 Å². The molecule has 2 bridgehead atoms. The SMILES string of the molecule is CCCC1=NC2CCCC(C2)N1. The normalized spacial score (nSPS) is 33.9. The van der Waals surface area contributed by atoms with E-state index in [1.807, 2.05) is 0 Å². The van der Waals surface area contributed by atoms with Gasteiger partial charge in [-0.3, -0.25) is 4.99 Å². The molecule has 2 rings (SSSR count). The molecule has 12 heavy (non-hydrogen) atoms. The van der Waals surface area contributed by atoms with Crippen LogP contribution in [0.4, 0.5) is 0 Å². The van der Waals surface area contributed by atoms with Crippen LogP contribution >= 0.6 is 0 Å². The van der Waals surface area contributed by atoms with E-state index in [1.165, 1.54) is 37.9 Å². The van der Waals surface area contributed by atoms with E-state index in [2.05, 4.69) is 12.2 Å². The molecule has 2 nitrogen and oxygen atoms in total. The summed E-state index contributed by atoms with van der Waals surface area (Å²) >= 11 is 0. The maximum atomic E-state index is 4.70.